The highest BCUT2D eigenvalue weighted by molar-refractivity contribution is 6.01. The summed E-state index contributed by atoms with van der Waals surface area (Å²) >= 11 is 0. The number of H-pyrrole nitrogens is 1. The molecule has 2 fully saturated rings. The molecule has 40 heavy (non-hydrogen) atoms. The summed E-state index contributed by atoms with van der Waals surface area (Å²) in [5.74, 6) is -0.261. The van der Waals surface area contributed by atoms with Gasteiger partial charge in [0.25, 0.3) is 11.8 Å². The van der Waals surface area contributed by atoms with E-state index in [2.05, 4.69) is 15.5 Å². The zero-order chi connectivity index (χ0) is 28.0. The number of amides is 2. The van der Waals surface area contributed by atoms with Crippen LogP contribution >= 0.6 is 0 Å². The molecule has 9 heteroatoms. The van der Waals surface area contributed by atoms with Crippen molar-refractivity contribution in [3.63, 3.8) is 0 Å². The van der Waals surface area contributed by atoms with Crippen LogP contribution in [0.5, 0.6) is 0 Å². The number of rotatable bonds is 7. The summed E-state index contributed by atoms with van der Waals surface area (Å²) in [6.45, 7) is 1.92. The highest BCUT2D eigenvalue weighted by atomic mass is 19.1. The molecular weight excluding hydrogens is 509 g/mol. The van der Waals surface area contributed by atoms with Crippen molar-refractivity contribution in [1.29, 1.82) is 0 Å². The normalized spacial score (nSPS) is 18.6. The maximum Gasteiger partial charge on any atom is 0.257 e. The van der Waals surface area contributed by atoms with Gasteiger partial charge in [0.15, 0.2) is 5.82 Å². The summed E-state index contributed by atoms with van der Waals surface area (Å²) in [6.07, 6.45) is 8.68. The number of nitrogens with zero attached hydrogens (tertiary/aromatic N) is 3. The van der Waals surface area contributed by atoms with Gasteiger partial charge in [0, 0.05) is 25.2 Å². The van der Waals surface area contributed by atoms with Crippen molar-refractivity contribution in [2.45, 2.75) is 57.9 Å². The Morgan fingerprint density at radius 3 is 2.70 bits per heavy atom. The highest BCUT2D eigenvalue weighted by Gasteiger charge is 2.48. The van der Waals surface area contributed by atoms with Gasteiger partial charge in [0.05, 0.1) is 17.3 Å². The Balaban J connectivity index is 1.40. The third-order valence-corrected chi connectivity index (χ3v) is 8.68. The fourth-order valence-electron chi connectivity index (χ4n) is 6.30. The van der Waals surface area contributed by atoms with E-state index < -0.39 is 11.9 Å². The molecule has 8 nitrogen and oxygen atoms in total. The number of aryl methyl sites for hydroxylation is 1. The number of nitrogens with one attached hydrogen (secondary N) is 2. The standard InChI is InChI=1S/C31H34FN5O3/c1-4-23-22(17-40-36-23)29(38)35-26(18-8-7-13-31(16-18)14-15-31)28-33-24-12-11-20(25(32)27(24)34-28)19-9-5-6-10-21(19)30(39)37(2)3/h5-6,9-12,17-18,26H,4,7-8,13-16H2,1-3H3,(H,33,34)(H,35,38). The molecule has 2 atom stereocenters. The van der Waals surface area contributed by atoms with Crippen LogP contribution in [0.25, 0.3) is 22.2 Å². The lowest BCUT2D eigenvalue weighted by atomic mass is 9.75. The summed E-state index contributed by atoms with van der Waals surface area (Å²) < 4.78 is 21.2. The van der Waals surface area contributed by atoms with Gasteiger partial charge in [-0.05, 0) is 73.6 Å². The number of benzene rings is 2. The van der Waals surface area contributed by atoms with Crippen molar-refractivity contribution in [2.75, 3.05) is 14.1 Å². The molecule has 2 aliphatic carbocycles. The predicted molar refractivity (Wildman–Crippen MR) is 149 cm³/mol. The maximum atomic E-state index is 16.1. The number of hydrogen-bond acceptors (Lipinski definition) is 5. The first kappa shape index (κ1) is 26.2. The molecule has 4 aromatic rings. The SMILES string of the molecule is CCc1nocc1C(=O)NC(c1nc2c(F)c(-c3ccccc3C(=O)N(C)C)ccc2[nH]1)C1CCCC2(CC2)C1. The Kier molecular flexibility index (Phi) is 6.68. The third-order valence-electron chi connectivity index (χ3n) is 8.68. The third kappa shape index (κ3) is 4.67. The van der Waals surface area contributed by atoms with E-state index in [4.69, 9.17) is 9.51 Å². The van der Waals surface area contributed by atoms with Crippen LogP contribution in [0.15, 0.2) is 47.2 Å². The summed E-state index contributed by atoms with van der Waals surface area (Å²) in [6, 6.07) is 10.1. The lowest BCUT2D eigenvalue weighted by Gasteiger charge is -2.34. The topological polar surface area (TPSA) is 104 Å². The van der Waals surface area contributed by atoms with Gasteiger partial charge in [0.2, 0.25) is 0 Å². The first-order valence-corrected chi connectivity index (χ1v) is 14.0. The maximum absolute atomic E-state index is 16.1. The van der Waals surface area contributed by atoms with E-state index in [0.29, 0.717) is 51.1 Å². The molecule has 0 radical (unpaired) electrons. The van der Waals surface area contributed by atoms with Gasteiger partial charge >= 0.3 is 0 Å². The van der Waals surface area contributed by atoms with E-state index in [-0.39, 0.29) is 23.2 Å². The Bertz CT molecular complexity index is 1580. The lowest BCUT2D eigenvalue weighted by molar-refractivity contribution is 0.0827. The van der Waals surface area contributed by atoms with E-state index in [1.807, 2.05) is 6.92 Å². The number of aromatic amines is 1. The fraction of sp³-hybridized carbons (Fsp3) is 0.419. The van der Waals surface area contributed by atoms with E-state index in [1.54, 1.807) is 50.5 Å². The van der Waals surface area contributed by atoms with Gasteiger partial charge in [-0.25, -0.2) is 9.37 Å². The lowest BCUT2D eigenvalue weighted by Crippen LogP contribution is -2.37. The van der Waals surface area contributed by atoms with Gasteiger partial charge in [-0.15, -0.1) is 0 Å². The second-order valence-electron chi connectivity index (χ2n) is 11.5. The quantitative estimate of drug-likeness (QED) is 0.295. The summed E-state index contributed by atoms with van der Waals surface area (Å²) in [7, 11) is 3.35. The number of imidazole rings is 1. The highest BCUT2D eigenvalue weighted by Crippen LogP contribution is 2.59. The van der Waals surface area contributed by atoms with E-state index >= 15 is 4.39 Å². The Morgan fingerprint density at radius 1 is 1.15 bits per heavy atom. The number of carbonyl (C=O) groups is 2. The first-order chi connectivity index (χ1) is 19.3. The molecule has 0 saturated heterocycles. The van der Waals surface area contributed by atoms with Crippen LogP contribution in [-0.2, 0) is 6.42 Å². The van der Waals surface area contributed by atoms with Crippen LogP contribution in [0.1, 0.15) is 83.7 Å². The van der Waals surface area contributed by atoms with Crippen molar-refractivity contribution in [3.05, 3.63) is 71.1 Å². The number of aromatic nitrogens is 3. The molecule has 1 spiro atoms. The molecule has 2 aromatic carbocycles. The molecule has 208 valence electrons. The molecule has 2 N–H and O–H groups in total. The number of fused-ring (bicyclic) bond motifs is 1. The van der Waals surface area contributed by atoms with Gasteiger partial charge in [-0.1, -0.05) is 36.7 Å². The van der Waals surface area contributed by atoms with Crippen LogP contribution in [-0.4, -0.2) is 45.9 Å². The molecule has 2 amide bonds. The van der Waals surface area contributed by atoms with Crippen LogP contribution < -0.4 is 5.32 Å². The second-order valence-corrected chi connectivity index (χ2v) is 11.5. The van der Waals surface area contributed by atoms with Crippen molar-refractivity contribution < 1.29 is 18.5 Å². The van der Waals surface area contributed by atoms with Gasteiger partial charge in [-0.3, -0.25) is 9.59 Å². The zero-order valence-electron chi connectivity index (χ0n) is 23.1. The monoisotopic (exact) mass is 543 g/mol. The number of hydrogen-bond donors (Lipinski definition) is 2. The van der Waals surface area contributed by atoms with Gasteiger partial charge < -0.3 is 19.7 Å². The Hall–Kier alpha value is -4.01. The van der Waals surface area contributed by atoms with Crippen molar-refractivity contribution in [1.82, 2.24) is 25.3 Å². The first-order valence-electron chi connectivity index (χ1n) is 14.0. The zero-order valence-corrected chi connectivity index (χ0v) is 23.1. The molecular formula is C31H34FN5O3. The molecule has 2 heterocycles. The average Bonchev–Trinajstić information content (AvgIpc) is 3.35. The summed E-state index contributed by atoms with van der Waals surface area (Å²) in [5, 5.41) is 7.16. The van der Waals surface area contributed by atoms with Crippen LogP contribution in [0.2, 0.25) is 0 Å². The van der Waals surface area contributed by atoms with Gasteiger partial charge in [-0.2, -0.15) is 0 Å². The van der Waals surface area contributed by atoms with Crippen LogP contribution in [0.4, 0.5) is 4.39 Å². The summed E-state index contributed by atoms with van der Waals surface area (Å²) in [5.41, 5.74) is 3.36. The molecule has 2 saturated carbocycles. The molecule has 2 aromatic heterocycles. The van der Waals surface area contributed by atoms with E-state index in [1.165, 1.54) is 30.4 Å². The van der Waals surface area contributed by atoms with Crippen LogP contribution in [0.3, 0.4) is 0 Å². The van der Waals surface area contributed by atoms with Gasteiger partial charge in [0.1, 0.15) is 23.2 Å². The largest absolute Gasteiger partial charge is 0.364 e. The number of carbonyl (C=O) groups excluding carboxylic acids is 2. The second kappa shape index (κ2) is 10.2. The number of halogens is 1. The van der Waals surface area contributed by atoms with Crippen molar-refractivity contribution in [3.8, 4) is 11.1 Å². The van der Waals surface area contributed by atoms with Crippen molar-refractivity contribution >= 4 is 22.8 Å². The molecule has 0 aliphatic heterocycles. The minimum absolute atomic E-state index is 0.173. The minimum Gasteiger partial charge on any atom is -0.364 e. The fourth-order valence-corrected chi connectivity index (χ4v) is 6.30. The minimum atomic E-state index is -0.501. The van der Waals surface area contributed by atoms with Crippen LogP contribution in [0, 0.1) is 17.2 Å². The Labute approximate surface area is 232 Å². The molecule has 2 unspecified atom stereocenters. The smallest absolute Gasteiger partial charge is 0.257 e. The predicted octanol–water partition coefficient (Wildman–Crippen LogP) is 6.06. The van der Waals surface area contributed by atoms with E-state index in [0.717, 1.165) is 19.3 Å². The average molecular weight is 544 g/mol. The Morgan fingerprint density at radius 2 is 1.95 bits per heavy atom. The van der Waals surface area contributed by atoms with Crippen molar-refractivity contribution in [2.24, 2.45) is 11.3 Å². The molecule has 6 rings (SSSR count). The molecule has 2 aliphatic rings. The van der Waals surface area contributed by atoms with E-state index in [9.17, 15) is 9.59 Å². The summed E-state index contributed by atoms with van der Waals surface area (Å²) in [4.78, 5) is 35.8. The molecule has 0 bridgehead atoms.